The van der Waals surface area contributed by atoms with Crippen molar-refractivity contribution in [3.63, 3.8) is 0 Å². The quantitative estimate of drug-likeness (QED) is 0.262. The van der Waals surface area contributed by atoms with Gasteiger partial charge in [-0.25, -0.2) is 15.0 Å². The van der Waals surface area contributed by atoms with Crippen LogP contribution in [0.5, 0.6) is 0 Å². The molecule has 2 atom stereocenters. The maximum absolute atomic E-state index is 13.0. The number of benzene rings is 2. The number of carbonyl (C=O) groups is 3. The fraction of sp³-hybridized carbons (Fsp3) is 0.385. The number of piperidine rings is 1. The number of hydrogen-bond donors (Lipinski definition) is 3. The number of rotatable bonds is 10. The van der Waals surface area contributed by atoms with Crippen LogP contribution in [0.1, 0.15) is 42.1 Å². The first-order valence-corrected chi connectivity index (χ1v) is 18.0. The molecule has 2 aromatic carbocycles. The van der Waals surface area contributed by atoms with E-state index in [-0.39, 0.29) is 24.9 Å². The molecule has 4 N–H and O–H groups in total. The van der Waals surface area contributed by atoms with E-state index in [4.69, 9.17) is 10.5 Å². The van der Waals surface area contributed by atoms with Crippen molar-refractivity contribution in [1.82, 2.24) is 35.3 Å². The van der Waals surface area contributed by atoms with E-state index in [1.54, 1.807) is 31.2 Å². The smallest absolute Gasteiger partial charge is 0.404 e. The highest BCUT2D eigenvalue weighted by molar-refractivity contribution is 6.13. The first-order valence-electron chi connectivity index (χ1n) is 18.0. The van der Waals surface area contributed by atoms with Crippen molar-refractivity contribution in [1.29, 1.82) is 0 Å². The predicted octanol–water partition coefficient (Wildman–Crippen LogP) is 3.68. The molecule has 0 radical (unpaired) electrons. The Bertz CT molecular complexity index is 1860. The predicted molar refractivity (Wildman–Crippen MR) is 201 cm³/mol. The highest BCUT2D eigenvalue weighted by Crippen LogP contribution is 2.27. The average molecular weight is 762 g/mol. The lowest BCUT2D eigenvalue weighted by molar-refractivity contribution is -0.141. The summed E-state index contributed by atoms with van der Waals surface area (Å²) in [6, 6.07) is 19.2. The fourth-order valence-electron chi connectivity index (χ4n) is 6.26. The third-order valence-corrected chi connectivity index (χ3v) is 9.62. The van der Waals surface area contributed by atoms with Crippen LogP contribution in [0, 0.1) is 0 Å². The average Bonchev–Trinajstić information content (AvgIpc) is 3.18. The number of hydrogen-bond acceptors (Lipinski definition) is 10. The highest BCUT2D eigenvalue weighted by Gasteiger charge is 2.38. The Morgan fingerprint density at radius 2 is 1.71 bits per heavy atom. The Morgan fingerprint density at radius 1 is 1.05 bits per heavy atom. The van der Waals surface area contributed by atoms with Crippen LogP contribution in [-0.4, -0.2) is 112 Å². The molecule has 2 unspecified atom stereocenters. The van der Waals surface area contributed by atoms with E-state index in [0.29, 0.717) is 41.3 Å². The standard InChI is InChI=1S/C20H19F3N6O2.C19H27N3O2/c1-2-29-17(26-13-6-4-3-5-7-13)12(11-24)10-14(19(29)31)27-18(30)16-25-9-8-15(28-16)20(21,22)23;1-15(19(23)20-12-17-6-4-3-5-7-17)16(2)21-8-10-22(11-9-21)18-13-24-14-18/h3-9,11,14H,2,10,24H2,1H3,(H,27,30);3-7,16,18H,1,8-14H2,2H3,(H,20,23)/b12-11-,26-17?;. The van der Waals surface area contributed by atoms with Crippen LogP contribution >= 0.6 is 0 Å². The van der Waals surface area contributed by atoms with Gasteiger partial charge in [0.25, 0.3) is 11.8 Å². The third kappa shape index (κ3) is 10.6. The zero-order chi connectivity index (χ0) is 39.5. The second-order valence-electron chi connectivity index (χ2n) is 13.2. The lowest BCUT2D eigenvalue weighted by atomic mass is 9.98. The molecule has 4 heterocycles. The van der Waals surface area contributed by atoms with Crippen molar-refractivity contribution in [3.8, 4) is 0 Å². The monoisotopic (exact) mass is 761 g/mol. The van der Waals surface area contributed by atoms with Gasteiger partial charge in [0.15, 0.2) is 0 Å². The van der Waals surface area contributed by atoms with Gasteiger partial charge in [0.05, 0.1) is 24.9 Å². The number of amides is 3. The molecule has 3 fully saturated rings. The molecule has 0 aliphatic carbocycles. The summed E-state index contributed by atoms with van der Waals surface area (Å²) in [5.74, 6) is -1.86. The minimum absolute atomic E-state index is 0.0161. The number of piperazine rings is 1. The number of aromatic nitrogens is 2. The molecule has 0 bridgehead atoms. The lowest BCUT2D eigenvalue weighted by Crippen LogP contribution is -2.58. The second-order valence-corrected chi connectivity index (χ2v) is 13.2. The first-order chi connectivity index (χ1) is 26.4. The third-order valence-electron chi connectivity index (χ3n) is 9.62. The number of likely N-dealkylation sites (N-methyl/N-ethyl adjacent to an activating group) is 1. The molecule has 3 aromatic rings. The minimum Gasteiger partial charge on any atom is -0.404 e. The zero-order valence-electron chi connectivity index (χ0n) is 30.8. The molecule has 1 aromatic heterocycles. The molecule has 6 rings (SSSR count). The van der Waals surface area contributed by atoms with Crippen LogP contribution in [0.3, 0.4) is 0 Å². The maximum Gasteiger partial charge on any atom is 0.433 e. The maximum atomic E-state index is 13.0. The number of nitrogens with zero attached hydrogens (tertiary/aromatic N) is 6. The van der Waals surface area contributed by atoms with Gasteiger partial charge in [-0.1, -0.05) is 55.1 Å². The first kappa shape index (κ1) is 40.7. The van der Waals surface area contributed by atoms with E-state index in [2.05, 4.69) is 48.9 Å². The van der Waals surface area contributed by atoms with E-state index >= 15 is 0 Å². The van der Waals surface area contributed by atoms with Gasteiger partial charge in [-0.15, -0.1) is 0 Å². The van der Waals surface area contributed by atoms with Crippen molar-refractivity contribution >= 4 is 29.2 Å². The van der Waals surface area contributed by atoms with Gasteiger partial charge in [-0.2, -0.15) is 13.2 Å². The van der Waals surface area contributed by atoms with Crippen molar-refractivity contribution < 1.29 is 32.3 Å². The van der Waals surface area contributed by atoms with Crippen molar-refractivity contribution in [2.45, 2.75) is 51.1 Å². The molecule has 0 spiro atoms. The number of likely N-dealkylation sites (tertiary alicyclic amines) is 1. The van der Waals surface area contributed by atoms with E-state index < -0.39 is 35.6 Å². The molecule has 3 amide bonds. The van der Waals surface area contributed by atoms with Crippen LogP contribution in [0.4, 0.5) is 18.9 Å². The Balaban J connectivity index is 0.000000218. The number of alkyl halides is 3. The molecule has 3 aliphatic rings. The molecule has 3 aliphatic heterocycles. The number of para-hydroxylation sites is 1. The number of halogens is 3. The van der Waals surface area contributed by atoms with Gasteiger partial charge >= 0.3 is 6.18 Å². The molecule has 0 saturated carbocycles. The number of nitrogens with two attached hydrogens (primary N) is 1. The summed E-state index contributed by atoms with van der Waals surface area (Å²) in [5, 5.41) is 5.37. The normalized spacial score (nSPS) is 20.3. The summed E-state index contributed by atoms with van der Waals surface area (Å²) < 4.78 is 43.8. The largest absolute Gasteiger partial charge is 0.433 e. The van der Waals surface area contributed by atoms with Crippen molar-refractivity contribution in [2.24, 2.45) is 10.7 Å². The molecule has 3 saturated heterocycles. The van der Waals surface area contributed by atoms with Crippen LogP contribution in [0.25, 0.3) is 0 Å². The van der Waals surface area contributed by atoms with Gasteiger partial charge in [0.1, 0.15) is 17.6 Å². The fourth-order valence-corrected chi connectivity index (χ4v) is 6.26. The van der Waals surface area contributed by atoms with Crippen molar-refractivity contribution in [2.75, 3.05) is 45.9 Å². The summed E-state index contributed by atoms with van der Waals surface area (Å²) in [5.41, 5.74) is 7.34. The topological polar surface area (TPSA) is 158 Å². The minimum atomic E-state index is -4.73. The number of carbonyl (C=O) groups excluding carboxylic acids is 3. The Kier molecular flexibility index (Phi) is 13.9. The number of nitrogens with one attached hydrogen (secondary N) is 2. The Morgan fingerprint density at radius 3 is 2.29 bits per heavy atom. The SMILES string of the molecule is C=C(C(=O)NCc1ccccc1)C(C)N1CCN(C2COC2)CC1.CCN1C(=O)C(NC(=O)c2nccc(C(F)(F)F)n2)C/C(=C/N)C1=Nc1ccccc1. The van der Waals surface area contributed by atoms with E-state index in [1.165, 1.54) is 11.1 Å². The second kappa shape index (κ2) is 18.7. The van der Waals surface area contributed by atoms with E-state index in [1.807, 2.05) is 36.4 Å². The number of aliphatic imine (C=N–C) groups is 1. The molecular weight excluding hydrogens is 715 g/mol. The lowest BCUT2D eigenvalue weighted by Gasteiger charge is -2.44. The van der Waals surface area contributed by atoms with E-state index in [9.17, 15) is 27.6 Å². The molecule has 55 heavy (non-hydrogen) atoms. The van der Waals surface area contributed by atoms with Crippen LogP contribution < -0.4 is 16.4 Å². The van der Waals surface area contributed by atoms with Crippen LogP contribution in [-0.2, 0) is 27.0 Å². The number of amidine groups is 1. The van der Waals surface area contributed by atoms with Gasteiger partial charge < -0.3 is 21.1 Å². The molecule has 292 valence electrons. The number of ether oxygens (including phenoxy) is 1. The van der Waals surface area contributed by atoms with Crippen LogP contribution in [0.2, 0.25) is 0 Å². The zero-order valence-corrected chi connectivity index (χ0v) is 30.8. The van der Waals surface area contributed by atoms with Gasteiger partial charge in [-0.05, 0) is 37.6 Å². The molecular formula is C39H46F3N9O4. The summed E-state index contributed by atoms with van der Waals surface area (Å²) in [4.78, 5) is 55.3. The van der Waals surface area contributed by atoms with Crippen LogP contribution in [0.15, 0.2) is 102 Å². The Hall–Kier alpha value is -5.45. The van der Waals surface area contributed by atoms with Gasteiger partial charge in [0, 0.05) is 75.3 Å². The molecule has 13 nitrogen and oxygen atoms in total. The van der Waals surface area contributed by atoms with Crippen molar-refractivity contribution in [3.05, 3.63) is 114 Å². The summed E-state index contributed by atoms with van der Waals surface area (Å²) in [6.45, 7) is 14.4. The Labute approximate surface area is 318 Å². The van der Waals surface area contributed by atoms with Gasteiger partial charge in [-0.3, -0.25) is 29.1 Å². The highest BCUT2D eigenvalue weighted by atomic mass is 19.4. The summed E-state index contributed by atoms with van der Waals surface area (Å²) in [6.07, 6.45) is -2.59. The molecule has 16 heteroatoms. The van der Waals surface area contributed by atoms with Gasteiger partial charge in [0.2, 0.25) is 11.7 Å². The van der Waals surface area contributed by atoms with E-state index in [0.717, 1.165) is 51.2 Å². The summed E-state index contributed by atoms with van der Waals surface area (Å²) in [7, 11) is 0. The summed E-state index contributed by atoms with van der Waals surface area (Å²) >= 11 is 0.